The second kappa shape index (κ2) is 6.61. The highest BCUT2D eigenvalue weighted by molar-refractivity contribution is 6.11. The molecule has 0 saturated carbocycles. The van der Waals surface area contributed by atoms with Gasteiger partial charge in [0.25, 0.3) is 5.91 Å². The molecule has 1 aromatic carbocycles. The van der Waals surface area contributed by atoms with Crippen LogP contribution < -0.4 is 5.32 Å². The fourth-order valence-corrected chi connectivity index (χ4v) is 3.81. The number of hydrogen-bond donors (Lipinski definition) is 1. The molecule has 1 atom stereocenters. The first-order chi connectivity index (χ1) is 13.0. The molecule has 138 valence electrons. The fraction of sp³-hybridized carbons (Fsp3) is 0.333. The standard InChI is InChI=1S/C21H21N3O3/c1-21(18-8-4-5-11-22-18)19(26)24(20(27)23-21)13-17(25)16-10-9-14-6-2-3-7-15(14)12-16/h4-5,8-12H,2-3,6-7,13H2,1H3,(H,23,27). The summed E-state index contributed by atoms with van der Waals surface area (Å²) >= 11 is 0. The zero-order valence-corrected chi connectivity index (χ0v) is 15.2. The van der Waals surface area contributed by atoms with E-state index < -0.39 is 17.5 Å². The first kappa shape index (κ1) is 17.4. The van der Waals surface area contributed by atoms with Gasteiger partial charge >= 0.3 is 6.03 Å². The highest BCUT2D eigenvalue weighted by atomic mass is 16.2. The molecule has 2 aliphatic rings. The third-order valence-electron chi connectivity index (χ3n) is 5.42. The minimum atomic E-state index is -1.26. The molecule has 0 bridgehead atoms. The second-order valence-corrected chi connectivity index (χ2v) is 7.28. The van der Waals surface area contributed by atoms with Gasteiger partial charge in [0.2, 0.25) is 0 Å². The van der Waals surface area contributed by atoms with Gasteiger partial charge in [-0.25, -0.2) is 4.79 Å². The summed E-state index contributed by atoms with van der Waals surface area (Å²) in [6, 6.07) is 10.3. The summed E-state index contributed by atoms with van der Waals surface area (Å²) in [7, 11) is 0. The Morgan fingerprint density at radius 3 is 2.67 bits per heavy atom. The minimum absolute atomic E-state index is 0.239. The average Bonchev–Trinajstić information content (AvgIpc) is 2.92. The van der Waals surface area contributed by atoms with Gasteiger partial charge in [-0.2, -0.15) is 0 Å². The maximum absolute atomic E-state index is 12.9. The summed E-state index contributed by atoms with van der Waals surface area (Å²) in [4.78, 5) is 43.2. The molecular formula is C21H21N3O3. The molecule has 3 amide bonds. The Morgan fingerprint density at radius 2 is 1.93 bits per heavy atom. The van der Waals surface area contributed by atoms with E-state index in [2.05, 4.69) is 10.3 Å². The summed E-state index contributed by atoms with van der Waals surface area (Å²) in [5, 5.41) is 2.68. The fourth-order valence-electron chi connectivity index (χ4n) is 3.81. The van der Waals surface area contributed by atoms with E-state index in [9.17, 15) is 14.4 Å². The van der Waals surface area contributed by atoms with Crippen LogP contribution in [0.1, 0.15) is 46.9 Å². The number of ketones is 1. The lowest BCUT2D eigenvalue weighted by Gasteiger charge is -2.21. The van der Waals surface area contributed by atoms with Gasteiger partial charge < -0.3 is 5.32 Å². The number of hydrogen-bond acceptors (Lipinski definition) is 4. The van der Waals surface area contributed by atoms with Gasteiger partial charge in [-0.05, 0) is 61.9 Å². The first-order valence-corrected chi connectivity index (χ1v) is 9.19. The highest BCUT2D eigenvalue weighted by Crippen LogP contribution is 2.28. The minimum Gasteiger partial charge on any atom is -0.318 e. The van der Waals surface area contributed by atoms with Gasteiger partial charge in [0.1, 0.15) is 0 Å². The SMILES string of the molecule is CC1(c2ccccn2)NC(=O)N(CC(=O)c2ccc3c(c2)CCCC3)C1=O. The van der Waals surface area contributed by atoms with Crippen LogP contribution in [-0.4, -0.2) is 34.2 Å². The number of rotatable bonds is 4. The lowest BCUT2D eigenvalue weighted by atomic mass is 9.89. The summed E-state index contributed by atoms with van der Waals surface area (Å²) in [6.07, 6.45) is 5.88. The molecule has 6 heteroatoms. The number of urea groups is 1. The molecule has 0 radical (unpaired) electrons. The summed E-state index contributed by atoms with van der Waals surface area (Å²) < 4.78 is 0. The molecule has 1 aliphatic carbocycles. The average molecular weight is 363 g/mol. The molecule has 27 heavy (non-hydrogen) atoms. The number of fused-ring (bicyclic) bond motifs is 1. The topological polar surface area (TPSA) is 79.4 Å². The lowest BCUT2D eigenvalue weighted by molar-refractivity contribution is -0.130. The van der Waals surface area contributed by atoms with E-state index in [1.54, 1.807) is 37.4 Å². The first-order valence-electron chi connectivity index (χ1n) is 9.19. The van der Waals surface area contributed by atoms with E-state index in [0.717, 1.165) is 24.2 Å². The van der Waals surface area contributed by atoms with Crippen molar-refractivity contribution < 1.29 is 14.4 Å². The van der Waals surface area contributed by atoms with Crippen molar-refractivity contribution in [3.8, 4) is 0 Å². The molecule has 2 heterocycles. The molecule has 1 aromatic heterocycles. The van der Waals surface area contributed by atoms with E-state index in [4.69, 9.17) is 0 Å². The van der Waals surface area contributed by atoms with Crippen LogP contribution in [0.3, 0.4) is 0 Å². The van der Waals surface area contributed by atoms with E-state index in [1.165, 1.54) is 17.5 Å². The quantitative estimate of drug-likeness (QED) is 0.669. The van der Waals surface area contributed by atoms with Crippen molar-refractivity contribution in [3.63, 3.8) is 0 Å². The molecule has 1 N–H and O–H groups in total. The number of Topliss-reactive ketones (excluding diaryl/α,β-unsaturated/α-hetero) is 1. The van der Waals surface area contributed by atoms with Crippen LogP contribution in [-0.2, 0) is 23.2 Å². The Kier molecular flexibility index (Phi) is 4.26. The summed E-state index contributed by atoms with van der Waals surface area (Å²) in [5.41, 5.74) is 2.22. The molecule has 1 aliphatic heterocycles. The molecule has 1 saturated heterocycles. The van der Waals surface area contributed by atoms with Gasteiger partial charge in [-0.3, -0.25) is 19.5 Å². The Balaban J connectivity index is 1.55. The largest absolute Gasteiger partial charge is 0.325 e. The maximum Gasteiger partial charge on any atom is 0.325 e. The smallest absolute Gasteiger partial charge is 0.318 e. The van der Waals surface area contributed by atoms with E-state index in [0.29, 0.717) is 11.3 Å². The number of aromatic nitrogens is 1. The Morgan fingerprint density at radius 1 is 1.15 bits per heavy atom. The van der Waals surface area contributed by atoms with Gasteiger partial charge in [-0.1, -0.05) is 18.2 Å². The molecule has 0 spiro atoms. The van der Waals surface area contributed by atoms with Gasteiger partial charge in [0.05, 0.1) is 12.2 Å². The molecule has 1 fully saturated rings. The van der Waals surface area contributed by atoms with Gasteiger partial charge in [-0.15, -0.1) is 0 Å². The third-order valence-corrected chi connectivity index (χ3v) is 5.42. The van der Waals surface area contributed by atoms with Crippen LogP contribution in [0.15, 0.2) is 42.6 Å². The van der Waals surface area contributed by atoms with Crippen molar-refractivity contribution in [1.82, 2.24) is 15.2 Å². The van der Waals surface area contributed by atoms with Crippen molar-refractivity contribution in [2.24, 2.45) is 0 Å². The van der Waals surface area contributed by atoms with Crippen LogP contribution in [0, 0.1) is 0 Å². The zero-order valence-electron chi connectivity index (χ0n) is 15.2. The van der Waals surface area contributed by atoms with Gasteiger partial charge in [0, 0.05) is 11.8 Å². The number of amides is 3. The number of aryl methyl sites for hydroxylation is 2. The van der Waals surface area contributed by atoms with Crippen molar-refractivity contribution in [3.05, 3.63) is 65.0 Å². The Labute approximate surface area is 157 Å². The number of carbonyl (C=O) groups excluding carboxylic acids is 3. The molecular weight excluding hydrogens is 342 g/mol. The van der Waals surface area contributed by atoms with Crippen molar-refractivity contribution >= 4 is 17.7 Å². The zero-order chi connectivity index (χ0) is 19.0. The molecule has 1 unspecified atom stereocenters. The number of nitrogens with one attached hydrogen (secondary N) is 1. The van der Waals surface area contributed by atoms with Crippen molar-refractivity contribution in [2.75, 3.05) is 6.54 Å². The third kappa shape index (κ3) is 3.01. The van der Waals surface area contributed by atoms with Crippen LogP contribution in [0.2, 0.25) is 0 Å². The number of nitrogens with zero attached hydrogens (tertiary/aromatic N) is 2. The summed E-state index contributed by atoms with van der Waals surface area (Å²) in [6.45, 7) is 1.34. The molecule has 4 rings (SSSR count). The predicted molar refractivity (Wildman–Crippen MR) is 99.2 cm³/mol. The highest BCUT2D eigenvalue weighted by Gasteiger charge is 2.50. The Bertz CT molecular complexity index is 926. The number of benzene rings is 1. The second-order valence-electron chi connectivity index (χ2n) is 7.28. The van der Waals surface area contributed by atoms with E-state index in [-0.39, 0.29) is 12.3 Å². The summed E-state index contributed by atoms with van der Waals surface area (Å²) in [5.74, 6) is -0.699. The maximum atomic E-state index is 12.9. The number of imide groups is 1. The molecule has 6 nitrogen and oxygen atoms in total. The monoisotopic (exact) mass is 363 g/mol. The van der Waals surface area contributed by atoms with Crippen LogP contribution in [0.5, 0.6) is 0 Å². The van der Waals surface area contributed by atoms with E-state index >= 15 is 0 Å². The number of carbonyl (C=O) groups is 3. The lowest BCUT2D eigenvalue weighted by Crippen LogP contribution is -2.42. The van der Waals surface area contributed by atoms with Crippen molar-refractivity contribution in [1.29, 1.82) is 0 Å². The van der Waals surface area contributed by atoms with E-state index in [1.807, 2.05) is 12.1 Å². The number of pyridine rings is 1. The molecule has 2 aromatic rings. The van der Waals surface area contributed by atoms with Gasteiger partial charge in [0.15, 0.2) is 11.3 Å². The predicted octanol–water partition coefficient (Wildman–Crippen LogP) is 2.61. The van der Waals surface area contributed by atoms with Crippen LogP contribution >= 0.6 is 0 Å². The van der Waals surface area contributed by atoms with Crippen LogP contribution in [0.25, 0.3) is 0 Å². The van der Waals surface area contributed by atoms with Crippen LogP contribution in [0.4, 0.5) is 4.79 Å². The normalized spacial score (nSPS) is 21.7. The Hall–Kier alpha value is -3.02. The van der Waals surface area contributed by atoms with Crippen molar-refractivity contribution in [2.45, 2.75) is 38.1 Å².